The molecule has 0 aromatic heterocycles. The summed E-state index contributed by atoms with van der Waals surface area (Å²) in [6, 6.07) is 0.464. The van der Waals surface area contributed by atoms with Crippen molar-refractivity contribution in [2.24, 2.45) is 5.92 Å². The zero-order valence-electron chi connectivity index (χ0n) is 8.88. The molecule has 0 spiro atoms. The summed E-state index contributed by atoms with van der Waals surface area (Å²) in [6.07, 6.45) is 6.27. The molecule has 3 nitrogen and oxygen atoms in total. The van der Waals surface area contributed by atoms with Crippen molar-refractivity contribution in [1.29, 1.82) is 0 Å². The molecule has 1 aliphatic carbocycles. The molecule has 2 rings (SSSR count). The Morgan fingerprint density at radius 1 is 1.36 bits per heavy atom. The smallest absolute Gasteiger partial charge is 0.237 e. The number of carbonyl (C=O) groups is 1. The highest BCUT2D eigenvalue weighted by Crippen LogP contribution is 2.27. The standard InChI is InChI=1S/C11H20N2O/c1-8(9-4-2-3-5-9)13-11(14)10-6-7-12-10/h8-10,12H,2-7H2,1H3,(H,13,14). The van der Waals surface area contributed by atoms with E-state index in [4.69, 9.17) is 0 Å². The maximum Gasteiger partial charge on any atom is 0.237 e. The highest BCUT2D eigenvalue weighted by Gasteiger charge is 2.28. The molecule has 1 amide bonds. The van der Waals surface area contributed by atoms with Crippen LogP contribution in [0.4, 0.5) is 0 Å². The number of nitrogens with one attached hydrogen (secondary N) is 2. The summed E-state index contributed by atoms with van der Waals surface area (Å²) in [5, 5.41) is 6.25. The lowest BCUT2D eigenvalue weighted by Gasteiger charge is -2.29. The molecule has 80 valence electrons. The Morgan fingerprint density at radius 3 is 2.50 bits per heavy atom. The monoisotopic (exact) mass is 196 g/mol. The van der Waals surface area contributed by atoms with Gasteiger partial charge >= 0.3 is 0 Å². The third kappa shape index (κ3) is 2.08. The first kappa shape index (κ1) is 9.97. The first-order valence-corrected chi connectivity index (χ1v) is 5.81. The van der Waals surface area contributed by atoms with Crippen molar-refractivity contribution in [2.75, 3.05) is 6.54 Å². The highest BCUT2D eigenvalue weighted by atomic mass is 16.2. The minimum atomic E-state index is 0.0962. The average molecular weight is 196 g/mol. The zero-order chi connectivity index (χ0) is 9.97. The maximum absolute atomic E-state index is 11.6. The Morgan fingerprint density at radius 2 is 2.00 bits per heavy atom. The molecule has 0 aromatic carbocycles. The molecule has 2 fully saturated rings. The summed E-state index contributed by atoms with van der Waals surface area (Å²) < 4.78 is 0. The Bertz CT molecular complexity index is 207. The van der Waals surface area contributed by atoms with Crippen LogP contribution in [0.15, 0.2) is 0 Å². The van der Waals surface area contributed by atoms with Crippen LogP contribution in [-0.2, 0) is 4.79 Å². The number of hydrogen-bond donors (Lipinski definition) is 2. The minimum Gasteiger partial charge on any atom is -0.352 e. The Labute approximate surface area is 85.6 Å². The first-order valence-electron chi connectivity index (χ1n) is 5.81. The Balaban J connectivity index is 1.74. The molecule has 14 heavy (non-hydrogen) atoms. The van der Waals surface area contributed by atoms with Crippen molar-refractivity contribution in [2.45, 2.75) is 51.1 Å². The van der Waals surface area contributed by atoms with E-state index in [0.29, 0.717) is 6.04 Å². The van der Waals surface area contributed by atoms with Gasteiger partial charge in [-0.25, -0.2) is 0 Å². The van der Waals surface area contributed by atoms with Gasteiger partial charge in [0.2, 0.25) is 5.91 Å². The first-order chi connectivity index (χ1) is 6.77. The van der Waals surface area contributed by atoms with Crippen LogP contribution < -0.4 is 10.6 Å². The topological polar surface area (TPSA) is 41.1 Å². The fraction of sp³-hybridized carbons (Fsp3) is 0.909. The van der Waals surface area contributed by atoms with Gasteiger partial charge in [-0.1, -0.05) is 12.8 Å². The lowest BCUT2D eigenvalue weighted by Crippen LogP contribution is -2.55. The summed E-state index contributed by atoms with van der Waals surface area (Å²) in [4.78, 5) is 11.6. The molecule has 1 aliphatic heterocycles. The van der Waals surface area contributed by atoms with Gasteiger partial charge in [0.25, 0.3) is 0 Å². The van der Waals surface area contributed by atoms with E-state index in [2.05, 4.69) is 17.6 Å². The normalized spacial score (nSPS) is 29.6. The van der Waals surface area contributed by atoms with Gasteiger partial charge in [0.15, 0.2) is 0 Å². The number of rotatable bonds is 3. The molecule has 1 heterocycles. The fourth-order valence-corrected chi connectivity index (χ4v) is 2.41. The molecule has 2 aliphatic rings. The molecule has 3 heteroatoms. The van der Waals surface area contributed by atoms with Crippen LogP contribution in [0.3, 0.4) is 0 Å². The van der Waals surface area contributed by atoms with Gasteiger partial charge in [0.05, 0.1) is 6.04 Å². The number of hydrogen-bond acceptors (Lipinski definition) is 2. The van der Waals surface area contributed by atoms with Crippen LogP contribution in [0.25, 0.3) is 0 Å². The van der Waals surface area contributed by atoms with Crippen LogP contribution in [0, 0.1) is 5.92 Å². The van der Waals surface area contributed by atoms with Crippen LogP contribution >= 0.6 is 0 Å². The molecular weight excluding hydrogens is 176 g/mol. The second kappa shape index (κ2) is 4.30. The van der Waals surface area contributed by atoms with Gasteiger partial charge in [-0.3, -0.25) is 4.79 Å². The summed E-state index contributed by atoms with van der Waals surface area (Å²) >= 11 is 0. The largest absolute Gasteiger partial charge is 0.352 e. The molecule has 0 bridgehead atoms. The van der Waals surface area contributed by atoms with Crippen LogP contribution in [0.1, 0.15) is 39.0 Å². The Kier molecular flexibility index (Phi) is 3.06. The van der Waals surface area contributed by atoms with Crippen molar-refractivity contribution in [3.8, 4) is 0 Å². The lowest BCUT2D eigenvalue weighted by atomic mass is 9.98. The molecule has 0 radical (unpaired) electrons. The van der Waals surface area contributed by atoms with Crippen molar-refractivity contribution < 1.29 is 4.79 Å². The summed E-state index contributed by atoms with van der Waals surface area (Å²) in [5.74, 6) is 0.926. The van der Waals surface area contributed by atoms with E-state index in [1.54, 1.807) is 0 Å². The fourth-order valence-electron chi connectivity index (χ4n) is 2.41. The second-order valence-electron chi connectivity index (χ2n) is 4.64. The van der Waals surface area contributed by atoms with E-state index in [9.17, 15) is 4.79 Å². The van der Waals surface area contributed by atoms with E-state index in [1.165, 1.54) is 25.7 Å². The van der Waals surface area contributed by atoms with E-state index in [1.807, 2.05) is 0 Å². The van der Waals surface area contributed by atoms with Gasteiger partial charge in [-0.15, -0.1) is 0 Å². The number of carbonyl (C=O) groups excluding carboxylic acids is 1. The maximum atomic E-state index is 11.6. The van der Waals surface area contributed by atoms with Crippen molar-refractivity contribution in [3.63, 3.8) is 0 Å². The average Bonchev–Trinajstić information content (AvgIpc) is 2.51. The lowest BCUT2D eigenvalue weighted by molar-refractivity contribution is -0.125. The van der Waals surface area contributed by atoms with E-state index in [-0.39, 0.29) is 11.9 Å². The molecule has 2 N–H and O–H groups in total. The third-order valence-electron chi connectivity index (χ3n) is 3.62. The molecule has 1 saturated carbocycles. The van der Waals surface area contributed by atoms with Gasteiger partial charge in [0.1, 0.15) is 0 Å². The molecular formula is C11H20N2O. The van der Waals surface area contributed by atoms with Crippen LogP contribution in [-0.4, -0.2) is 24.5 Å². The summed E-state index contributed by atoms with van der Waals surface area (Å²) in [5.41, 5.74) is 0. The quantitative estimate of drug-likeness (QED) is 0.708. The van der Waals surface area contributed by atoms with Crippen molar-refractivity contribution in [3.05, 3.63) is 0 Å². The molecule has 2 unspecified atom stereocenters. The van der Waals surface area contributed by atoms with Crippen molar-refractivity contribution >= 4 is 5.91 Å². The van der Waals surface area contributed by atoms with Gasteiger partial charge in [-0.05, 0) is 38.6 Å². The predicted octanol–water partition coefficient (Wildman–Crippen LogP) is 1.04. The Hall–Kier alpha value is -0.570. The zero-order valence-corrected chi connectivity index (χ0v) is 8.88. The predicted molar refractivity (Wildman–Crippen MR) is 56.0 cm³/mol. The molecule has 0 aromatic rings. The molecule has 2 atom stereocenters. The summed E-state index contributed by atoms with van der Waals surface area (Å²) in [7, 11) is 0. The number of amides is 1. The van der Waals surface area contributed by atoms with Crippen molar-refractivity contribution in [1.82, 2.24) is 10.6 Å². The molecule has 1 saturated heterocycles. The SMILES string of the molecule is CC(NC(=O)C1CCN1)C1CCCC1. The third-order valence-corrected chi connectivity index (χ3v) is 3.62. The van der Waals surface area contributed by atoms with E-state index >= 15 is 0 Å². The van der Waals surface area contributed by atoms with Gasteiger partial charge in [-0.2, -0.15) is 0 Å². The van der Waals surface area contributed by atoms with E-state index in [0.717, 1.165) is 18.9 Å². The highest BCUT2D eigenvalue weighted by molar-refractivity contribution is 5.82. The van der Waals surface area contributed by atoms with Gasteiger partial charge < -0.3 is 10.6 Å². The van der Waals surface area contributed by atoms with Crippen LogP contribution in [0.2, 0.25) is 0 Å². The van der Waals surface area contributed by atoms with E-state index < -0.39 is 0 Å². The minimum absolute atomic E-state index is 0.0962. The van der Waals surface area contributed by atoms with Crippen LogP contribution in [0.5, 0.6) is 0 Å². The second-order valence-corrected chi connectivity index (χ2v) is 4.64. The summed E-state index contributed by atoms with van der Waals surface area (Å²) in [6.45, 7) is 3.14. The van der Waals surface area contributed by atoms with Gasteiger partial charge in [0, 0.05) is 6.04 Å².